The molecule has 1 heteroatoms. The average Bonchev–Trinajstić information content (AvgIpc) is 3.82. The van der Waals surface area contributed by atoms with Gasteiger partial charge in [-0.25, -0.2) is 0 Å². The summed E-state index contributed by atoms with van der Waals surface area (Å²) in [6.07, 6.45) is 0. The highest BCUT2D eigenvalue weighted by Crippen LogP contribution is 2.63. The van der Waals surface area contributed by atoms with Gasteiger partial charge in [-0.15, -0.1) is 0 Å². The Kier molecular flexibility index (Phi) is 8.47. The van der Waals surface area contributed by atoms with Gasteiger partial charge in [0, 0.05) is 17.1 Å². The second kappa shape index (κ2) is 14.6. The van der Waals surface area contributed by atoms with Crippen LogP contribution in [-0.4, -0.2) is 0 Å². The van der Waals surface area contributed by atoms with E-state index in [9.17, 15) is 0 Å². The zero-order valence-corrected chi connectivity index (χ0v) is 34.1. The van der Waals surface area contributed by atoms with Crippen LogP contribution in [0.4, 0.5) is 17.1 Å². The molecule has 0 N–H and O–H groups in total. The predicted molar refractivity (Wildman–Crippen MR) is 259 cm³/mol. The van der Waals surface area contributed by atoms with Crippen LogP contribution in [0.25, 0.3) is 66.8 Å². The molecule has 0 saturated carbocycles. The molecule has 0 bridgehead atoms. The molecule has 10 aromatic carbocycles. The van der Waals surface area contributed by atoms with Gasteiger partial charge in [0.05, 0.1) is 5.41 Å². The van der Waals surface area contributed by atoms with Crippen LogP contribution in [0.2, 0.25) is 0 Å². The van der Waals surface area contributed by atoms with E-state index in [1.165, 1.54) is 89.0 Å². The lowest BCUT2D eigenvalue weighted by Crippen LogP contribution is -2.25. The Morgan fingerprint density at radius 1 is 0.210 bits per heavy atom. The van der Waals surface area contributed by atoms with Crippen molar-refractivity contribution in [1.29, 1.82) is 0 Å². The molecule has 290 valence electrons. The van der Waals surface area contributed by atoms with Crippen LogP contribution in [0, 0.1) is 0 Å². The maximum atomic E-state index is 2.46. The maximum absolute atomic E-state index is 2.46. The zero-order chi connectivity index (χ0) is 41.0. The Bertz CT molecular complexity index is 3160. The molecule has 10 aromatic rings. The van der Waals surface area contributed by atoms with E-state index in [2.05, 4.69) is 254 Å². The minimum atomic E-state index is -0.405. The van der Waals surface area contributed by atoms with E-state index in [-0.39, 0.29) is 0 Å². The van der Waals surface area contributed by atoms with E-state index in [1.54, 1.807) is 0 Å². The minimum absolute atomic E-state index is 0.405. The second-order valence-electron chi connectivity index (χ2n) is 16.4. The van der Waals surface area contributed by atoms with E-state index in [1.807, 2.05) is 0 Å². The van der Waals surface area contributed by atoms with Crippen molar-refractivity contribution >= 4 is 17.1 Å². The Morgan fingerprint density at radius 3 is 1.03 bits per heavy atom. The van der Waals surface area contributed by atoms with Gasteiger partial charge in [0.25, 0.3) is 0 Å². The zero-order valence-electron chi connectivity index (χ0n) is 34.1. The summed E-state index contributed by atoms with van der Waals surface area (Å²) in [6, 6.07) is 91.3. The van der Waals surface area contributed by atoms with Crippen LogP contribution in [0.5, 0.6) is 0 Å². The summed E-state index contributed by atoms with van der Waals surface area (Å²) in [5.74, 6) is 0. The van der Waals surface area contributed by atoms with Crippen molar-refractivity contribution in [3.63, 3.8) is 0 Å². The maximum Gasteiger partial charge on any atom is 0.0725 e. The van der Waals surface area contributed by atoms with Gasteiger partial charge in [-0.2, -0.15) is 0 Å². The van der Waals surface area contributed by atoms with Crippen LogP contribution >= 0.6 is 0 Å². The molecule has 1 atom stereocenters. The summed E-state index contributed by atoms with van der Waals surface area (Å²) in [7, 11) is 0. The largest absolute Gasteiger partial charge is 0.311 e. The first-order chi connectivity index (χ1) is 30.7. The monoisotopic (exact) mass is 787 g/mol. The molecular weight excluding hydrogens is 747 g/mol. The second-order valence-corrected chi connectivity index (χ2v) is 16.4. The predicted octanol–water partition coefficient (Wildman–Crippen LogP) is 16.2. The number of fused-ring (bicyclic) bond motifs is 10. The number of benzene rings is 10. The van der Waals surface area contributed by atoms with Gasteiger partial charge in [-0.05, 0) is 138 Å². The fourth-order valence-corrected chi connectivity index (χ4v) is 10.3. The first kappa shape index (κ1) is 35.9. The summed E-state index contributed by atoms with van der Waals surface area (Å²) >= 11 is 0. The van der Waals surface area contributed by atoms with Gasteiger partial charge in [-0.3, -0.25) is 0 Å². The standard InChI is InChI=1S/C61H41N/c1-4-14-42(15-5-1)45-24-32-50(33-25-45)62(51-34-26-46(27-35-51)43-16-6-2-7-17-43)52-36-28-47(29-37-52)48-31-39-59-56(40-48)54-21-11-13-23-58(54)61(59)57-22-12-10-20-53(57)55-38-30-49(41-60(55)61)44-18-8-3-9-19-44/h1-41H. The molecule has 0 amide bonds. The molecule has 0 aromatic heterocycles. The molecule has 0 saturated heterocycles. The Labute approximate surface area is 363 Å². The van der Waals surface area contributed by atoms with Crippen LogP contribution in [0.15, 0.2) is 249 Å². The Morgan fingerprint density at radius 2 is 0.532 bits per heavy atom. The highest BCUT2D eigenvalue weighted by molar-refractivity contribution is 5.97. The van der Waals surface area contributed by atoms with E-state index in [4.69, 9.17) is 0 Å². The lowest BCUT2D eigenvalue weighted by Gasteiger charge is -2.31. The summed E-state index contributed by atoms with van der Waals surface area (Å²) in [4.78, 5) is 2.36. The Hall–Kier alpha value is -8.00. The quantitative estimate of drug-likeness (QED) is 0.155. The first-order valence-corrected chi connectivity index (χ1v) is 21.5. The van der Waals surface area contributed by atoms with Crippen LogP contribution in [0.1, 0.15) is 22.3 Å². The molecular formula is C61H41N. The van der Waals surface area contributed by atoms with E-state index >= 15 is 0 Å². The van der Waals surface area contributed by atoms with E-state index in [0.29, 0.717) is 0 Å². The number of rotatable bonds is 7. The molecule has 0 aliphatic heterocycles. The molecule has 0 fully saturated rings. The van der Waals surface area contributed by atoms with Crippen molar-refractivity contribution < 1.29 is 0 Å². The van der Waals surface area contributed by atoms with Crippen molar-refractivity contribution in [2.75, 3.05) is 4.90 Å². The SMILES string of the molecule is c1ccc(-c2ccc(N(c3ccc(-c4ccccc4)cc3)c3ccc(-c4ccc5c(c4)-c4ccccc4C54c5ccccc5-c5ccc(-c6ccccc6)cc54)cc3)cc2)cc1. The lowest BCUT2D eigenvalue weighted by molar-refractivity contribution is 0.794. The van der Waals surface area contributed by atoms with E-state index < -0.39 is 5.41 Å². The summed E-state index contributed by atoms with van der Waals surface area (Å²) in [5, 5.41) is 0. The van der Waals surface area contributed by atoms with Crippen molar-refractivity contribution in [2.45, 2.75) is 5.41 Å². The molecule has 12 rings (SSSR count). The van der Waals surface area contributed by atoms with Gasteiger partial charge < -0.3 is 4.90 Å². The number of nitrogens with zero attached hydrogens (tertiary/aromatic N) is 1. The molecule has 2 aliphatic rings. The molecule has 1 unspecified atom stereocenters. The minimum Gasteiger partial charge on any atom is -0.311 e. The Balaban J connectivity index is 0.950. The van der Waals surface area contributed by atoms with Crippen LogP contribution in [-0.2, 0) is 5.41 Å². The molecule has 1 nitrogen and oxygen atoms in total. The molecule has 0 heterocycles. The normalized spacial score (nSPS) is 14.2. The van der Waals surface area contributed by atoms with Gasteiger partial charge in [0.1, 0.15) is 0 Å². The van der Waals surface area contributed by atoms with E-state index in [0.717, 1.165) is 17.1 Å². The van der Waals surface area contributed by atoms with Crippen molar-refractivity contribution in [3.05, 3.63) is 271 Å². The van der Waals surface area contributed by atoms with Gasteiger partial charge in [-0.1, -0.05) is 200 Å². The molecule has 0 radical (unpaired) electrons. The molecule has 62 heavy (non-hydrogen) atoms. The van der Waals surface area contributed by atoms with Crippen molar-refractivity contribution in [1.82, 2.24) is 0 Å². The lowest BCUT2D eigenvalue weighted by atomic mass is 9.70. The fraction of sp³-hybridized carbons (Fsp3) is 0.0164. The summed E-state index contributed by atoms with van der Waals surface area (Å²) in [5.41, 5.74) is 23.3. The third-order valence-corrected chi connectivity index (χ3v) is 13.1. The highest BCUT2D eigenvalue weighted by atomic mass is 15.1. The summed E-state index contributed by atoms with van der Waals surface area (Å²) < 4.78 is 0. The topological polar surface area (TPSA) is 3.24 Å². The van der Waals surface area contributed by atoms with Crippen molar-refractivity contribution in [2.24, 2.45) is 0 Å². The van der Waals surface area contributed by atoms with Gasteiger partial charge in [0.15, 0.2) is 0 Å². The third-order valence-electron chi connectivity index (χ3n) is 13.1. The van der Waals surface area contributed by atoms with Crippen LogP contribution in [0.3, 0.4) is 0 Å². The highest BCUT2D eigenvalue weighted by Gasteiger charge is 2.51. The first-order valence-electron chi connectivity index (χ1n) is 21.5. The molecule has 2 aliphatic carbocycles. The van der Waals surface area contributed by atoms with Gasteiger partial charge in [0.2, 0.25) is 0 Å². The number of hydrogen-bond donors (Lipinski definition) is 0. The number of hydrogen-bond acceptors (Lipinski definition) is 1. The van der Waals surface area contributed by atoms with Gasteiger partial charge >= 0.3 is 0 Å². The van der Waals surface area contributed by atoms with Crippen LogP contribution < -0.4 is 4.90 Å². The average molecular weight is 788 g/mol. The number of anilines is 3. The smallest absolute Gasteiger partial charge is 0.0725 e. The summed E-state index contributed by atoms with van der Waals surface area (Å²) in [6.45, 7) is 0. The van der Waals surface area contributed by atoms with Crippen molar-refractivity contribution in [3.8, 4) is 66.8 Å². The molecule has 1 spiro atoms. The fourth-order valence-electron chi connectivity index (χ4n) is 10.3. The third kappa shape index (κ3) is 5.70.